The molecule has 0 aliphatic rings. The van der Waals surface area contributed by atoms with Gasteiger partial charge in [-0.25, -0.2) is 0 Å². The van der Waals surface area contributed by atoms with Crippen molar-refractivity contribution in [2.45, 2.75) is 72.3 Å². The van der Waals surface area contributed by atoms with Gasteiger partial charge >= 0.3 is 5.82 Å². The summed E-state index contributed by atoms with van der Waals surface area (Å²) < 4.78 is 4.39. The summed E-state index contributed by atoms with van der Waals surface area (Å²) in [5.41, 5.74) is 3.29. The Kier molecular flexibility index (Phi) is 6.76. The maximum Gasteiger partial charge on any atom is 0.302 e. The van der Waals surface area contributed by atoms with E-state index >= 15 is 0 Å². The van der Waals surface area contributed by atoms with Crippen LogP contribution in [0.4, 0.5) is 0 Å². The number of nitrogens with zero attached hydrogens (tertiary/aromatic N) is 3. The van der Waals surface area contributed by atoms with Crippen molar-refractivity contribution in [2.75, 3.05) is 12.5 Å². The molecule has 1 N–H and O–H groups in total. The number of aromatic nitrogens is 3. The molecule has 0 aromatic carbocycles. The fraction of sp³-hybridized carbons (Fsp3) is 0.857. The van der Waals surface area contributed by atoms with Crippen molar-refractivity contribution in [3.8, 4) is 0 Å². The van der Waals surface area contributed by atoms with Gasteiger partial charge in [0.25, 0.3) is 5.82 Å². The molecule has 18 heavy (non-hydrogen) atoms. The molecule has 0 saturated carbocycles. The minimum Gasteiger partial charge on any atom is -0.257 e. The second-order valence-electron chi connectivity index (χ2n) is 4.82. The normalized spacial score (nSPS) is 10.9. The lowest BCUT2D eigenvalue weighted by molar-refractivity contribution is -0.758. The van der Waals surface area contributed by atoms with E-state index in [1.807, 2.05) is 7.05 Å². The molecular weight excluding hydrogens is 224 g/mol. The van der Waals surface area contributed by atoms with Gasteiger partial charge < -0.3 is 0 Å². The zero-order chi connectivity index (χ0) is 13.4. The van der Waals surface area contributed by atoms with Crippen LogP contribution in [-0.2, 0) is 19.4 Å². The molecule has 0 spiro atoms. The van der Waals surface area contributed by atoms with Gasteiger partial charge in [0, 0.05) is 13.5 Å². The van der Waals surface area contributed by atoms with Gasteiger partial charge in [0.1, 0.15) is 6.54 Å². The molecule has 0 fully saturated rings. The van der Waals surface area contributed by atoms with E-state index in [4.69, 9.17) is 5.10 Å². The van der Waals surface area contributed by atoms with E-state index in [0.29, 0.717) is 0 Å². The van der Waals surface area contributed by atoms with E-state index in [2.05, 4.69) is 35.6 Å². The van der Waals surface area contributed by atoms with Gasteiger partial charge in [-0.3, -0.25) is 5.43 Å². The second-order valence-corrected chi connectivity index (χ2v) is 4.82. The van der Waals surface area contributed by atoms with Crippen LogP contribution >= 0.6 is 0 Å². The summed E-state index contributed by atoms with van der Waals surface area (Å²) in [5.74, 6) is 2.51. The molecule has 0 amide bonds. The molecule has 0 aliphatic carbocycles. The summed E-state index contributed by atoms with van der Waals surface area (Å²) in [5, 5.41) is 4.78. The summed E-state index contributed by atoms with van der Waals surface area (Å²) in [6, 6.07) is 0. The van der Waals surface area contributed by atoms with E-state index in [-0.39, 0.29) is 0 Å². The average Bonchev–Trinajstić information content (AvgIpc) is 2.71. The van der Waals surface area contributed by atoms with Crippen LogP contribution in [-0.4, -0.2) is 16.8 Å². The van der Waals surface area contributed by atoms with E-state index in [0.717, 1.165) is 25.8 Å². The predicted molar refractivity (Wildman–Crippen MR) is 75.2 cm³/mol. The molecule has 1 heterocycles. The largest absolute Gasteiger partial charge is 0.302 e. The molecule has 0 atom stereocenters. The van der Waals surface area contributed by atoms with E-state index in [9.17, 15) is 0 Å². The highest BCUT2D eigenvalue weighted by Crippen LogP contribution is 2.06. The minimum atomic E-state index is 1.02. The Morgan fingerprint density at radius 2 is 1.72 bits per heavy atom. The molecule has 4 nitrogen and oxygen atoms in total. The van der Waals surface area contributed by atoms with Crippen LogP contribution in [0.3, 0.4) is 0 Å². The van der Waals surface area contributed by atoms with Crippen LogP contribution in [0.15, 0.2) is 0 Å². The quantitative estimate of drug-likeness (QED) is 0.686. The van der Waals surface area contributed by atoms with Crippen molar-refractivity contribution in [3.63, 3.8) is 0 Å². The zero-order valence-corrected chi connectivity index (χ0v) is 12.5. The zero-order valence-electron chi connectivity index (χ0n) is 12.5. The molecule has 1 rings (SSSR count). The first-order chi connectivity index (χ1) is 8.78. The van der Waals surface area contributed by atoms with Crippen LogP contribution in [0.2, 0.25) is 0 Å². The van der Waals surface area contributed by atoms with Crippen molar-refractivity contribution in [3.05, 3.63) is 11.6 Å². The van der Waals surface area contributed by atoms with Gasteiger partial charge in [-0.1, -0.05) is 33.6 Å². The first kappa shape index (κ1) is 15.0. The number of aryl methyl sites for hydroxylation is 2. The highest BCUT2D eigenvalue weighted by Gasteiger charge is 2.23. The SMILES string of the molecule is CCCCc1n[n+](CCC)c(CCCC)n1NC. The van der Waals surface area contributed by atoms with Crippen molar-refractivity contribution >= 4 is 0 Å². The fourth-order valence-corrected chi connectivity index (χ4v) is 2.23. The van der Waals surface area contributed by atoms with Crippen molar-refractivity contribution in [1.29, 1.82) is 0 Å². The van der Waals surface area contributed by atoms with Gasteiger partial charge in [0.2, 0.25) is 0 Å². The van der Waals surface area contributed by atoms with Crippen molar-refractivity contribution in [2.24, 2.45) is 0 Å². The van der Waals surface area contributed by atoms with E-state index < -0.39 is 0 Å². The molecule has 1 aromatic heterocycles. The number of unbranched alkanes of at least 4 members (excludes halogenated alkanes) is 2. The minimum absolute atomic E-state index is 1.02. The Morgan fingerprint density at radius 3 is 2.28 bits per heavy atom. The third-order valence-electron chi connectivity index (χ3n) is 3.22. The molecule has 0 radical (unpaired) electrons. The second kappa shape index (κ2) is 8.11. The maximum absolute atomic E-state index is 4.78. The fourth-order valence-electron chi connectivity index (χ4n) is 2.23. The molecule has 104 valence electrons. The third-order valence-corrected chi connectivity index (χ3v) is 3.22. The van der Waals surface area contributed by atoms with Crippen molar-refractivity contribution in [1.82, 2.24) is 9.77 Å². The Morgan fingerprint density at radius 1 is 1.06 bits per heavy atom. The predicted octanol–water partition coefficient (Wildman–Crippen LogP) is 2.44. The molecule has 0 aliphatic heterocycles. The van der Waals surface area contributed by atoms with Crippen LogP contribution in [0.1, 0.15) is 64.5 Å². The molecular formula is C14H29N4+. The highest BCUT2D eigenvalue weighted by molar-refractivity contribution is 4.94. The molecule has 4 heteroatoms. The van der Waals surface area contributed by atoms with Gasteiger partial charge in [0.05, 0.1) is 6.42 Å². The van der Waals surface area contributed by atoms with Crippen molar-refractivity contribution < 1.29 is 4.68 Å². The maximum atomic E-state index is 4.78. The van der Waals surface area contributed by atoms with Gasteiger partial charge in [-0.05, 0) is 24.4 Å². The monoisotopic (exact) mass is 253 g/mol. The lowest BCUT2D eigenvalue weighted by Gasteiger charge is -2.02. The Balaban J connectivity index is 2.96. The lowest BCUT2D eigenvalue weighted by atomic mass is 10.2. The Bertz CT molecular complexity index is 344. The topological polar surface area (TPSA) is 33.7 Å². The molecule has 0 bridgehead atoms. The van der Waals surface area contributed by atoms with E-state index in [1.54, 1.807) is 0 Å². The van der Waals surface area contributed by atoms with Gasteiger partial charge in [-0.15, -0.1) is 9.36 Å². The van der Waals surface area contributed by atoms with Crippen LogP contribution in [0.5, 0.6) is 0 Å². The Hall–Kier alpha value is -1.06. The van der Waals surface area contributed by atoms with E-state index in [1.165, 1.54) is 37.3 Å². The number of nitrogens with one attached hydrogen (secondary N) is 1. The smallest absolute Gasteiger partial charge is 0.257 e. The molecule has 0 saturated heterocycles. The molecule has 0 unspecified atom stereocenters. The Labute approximate surface area is 111 Å². The number of hydrogen-bond acceptors (Lipinski definition) is 2. The summed E-state index contributed by atoms with van der Waals surface area (Å²) in [6.07, 6.45) is 8.18. The first-order valence-electron chi connectivity index (χ1n) is 7.46. The van der Waals surface area contributed by atoms with Crippen LogP contribution in [0, 0.1) is 0 Å². The summed E-state index contributed by atoms with van der Waals surface area (Å²) >= 11 is 0. The molecule has 1 aromatic rings. The van der Waals surface area contributed by atoms with Gasteiger partial charge in [0.15, 0.2) is 0 Å². The lowest BCUT2D eigenvalue weighted by Crippen LogP contribution is -2.41. The van der Waals surface area contributed by atoms with Crippen LogP contribution < -0.4 is 10.1 Å². The average molecular weight is 253 g/mol. The summed E-state index contributed by atoms with van der Waals surface area (Å²) in [4.78, 5) is 0. The summed E-state index contributed by atoms with van der Waals surface area (Å²) in [7, 11) is 1.99. The van der Waals surface area contributed by atoms with Crippen LogP contribution in [0.25, 0.3) is 0 Å². The number of hydrogen-bond donors (Lipinski definition) is 1. The number of rotatable bonds is 9. The summed E-state index contributed by atoms with van der Waals surface area (Å²) in [6.45, 7) is 7.69. The van der Waals surface area contributed by atoms with Gasteiger partial charge in [-0.2, -0.15) is 0 Å². The standard InChI is InChI=1S/C14H29N4/c1-5-8-10-13-16-17(12-7-3)14(11-9-6-2)18(13)15-4/h15H,5-12H2,1-4H3/q+1. The highest BCUT2D eigenvalue weighted by atomic mass is 15.5. The first-order valence-corrected chi connectivity index (χ1v) is 7.46. The third kappa shape index (κ3) is 3.72.